The van der Waals surface area contributed by atoms with Gasteiger partial charge in [-0.2, -0.15) is 5.26 Å². The molecule has 2 aromatic rings. The first-order valence-electron chi connectivity index (χ1n) is 9.21. The Balaban J connectivity index is 2.02. The van der Waals surface area contributed by atoms with E-state index in [0.717, 1.165) is 18.7 Å². The number of anilines is 1. The molecule has 2 N–H and O–H groups in total. The predicted octanol–water partition coefficient (Wildman–Crippen LogP) is 4.24. The molecule has 0 atom stereocenters. The molecule has 3 heteroatoms. The first-order chi connectivity index (χ1) is 12.5. The van der Waals surface area contributed by atoms with Gasteiger partial charge in [-0.3, -0.25) is 0 Å². The average Bonchev–Trinajstić information content (AvgIpc) is 2.66. The van der Waals surface area contributed by atoms with Gasteiger partial charge < -0.3 is 10.2 Å². The van der Waals surface area contributed by atoms with Crippen molar-refractivity contribution in [2.45, 2.75) is 32.1 Å². The van der Waals surface area contributed by atoms with E-state index in [1.807, 2.05) is 7.05 Å². The van der Waals surface area contributed by atoms with Crippen molar-refractivity contribution in [2.24, 2.45) is 0 Å². The standard InChI is InChI=1S/C23H29N3/c1-23(2,21-10-5-6-11-22(21)25-3)16-7-9-19-12-14-20(15-13-19)26(4)18-8-17-24/h5-7,9-15,25H,8,16,18H2,1-4H3/p+1/b9-7+. The van der Waals surface area contributed by atoms with Gasteiger partial charge in [0.15, 0.2) is 0 Å². The van der Waals surface area contributed by atoms with Crippen LogP contribution in [0.15, 0.2) is 54.6 Å². The Morgan fingerprint density at radius 2 is 1.81 bits per heavy atom. The molecule has 2 aromatic carbocycles. The Kier molecular flexibility index (Phi) is 7.00. The SMILES string of the molecule is C[NH2+]c1ccccc1C(C)(C)C/C=C/c1ccc(N(C)CCC#N)cc1. The summed E-state index contributed by atoms with van der Waals surface area (Å²) in [5, 5.41) is 10.9. The van der Waals surface area contributed by atoms with E-state index in [2.05, 4.69) is 97.9 Å². The van der Waals surface area contributed by atoms with Gasteiger partial charge in [0.2, 0.25) is 0 Å². The Labute approximate surface area is 158 Å². The largest absolute Gasteiger partial charge is 0.374 e. The van der Waals surface area contributed by atoms with Crippen LogP contribution < -0.4 is 10.2 Å². The van der Waals surface area contributed by atoms with E-state index in [9.17, 15) is 0 Å². The van der Waals surface area contributed by atoms with Crippen molar-refractivity contribution < 1.29 is 5.32 Å². The second kappa shape index (κ2) is 9.22. The zero-order valence-electron chi connectivity index (χ0n) is 16.4. The van der Waals surface area contributed by atoms with Gasteiger partial charge in [-0.05, 0) is 35.6 Å². The Bertz CT molecular complexity index is 767. The summed E-state index contributed by atoms with van der Waals surface area (Å²) < 4.78 is 0. The van der Waals surface area contributed by atoms with E-state index < -0.39 is 0 Å². The van der Waals surface area contributed by atoms with Crippen molar-refractivity contribution >= 4 is 17.5 Å². The maximum Gasteiger partial charge on any atom is 0.133 e. The summed E-state index contributed by atoms with van der Waals surface area (Å²) >= 11 is 0. The minimum atomic E-state index is 0.0943. The van der Waals surface area contributed by atoms with E-state index in [1.165, 1.54) is 16.8 Å². The maximum atomic E-state index is 8.70. The number of quaternary nitrogens is 1. The topological polar surface area (TPSA) is 43.6 Å². The van der Waals surface area contributed by atoms with Crippen molar-refractivity contribution in [1.82, 2.24) is 0 Å². The summed E-state index contributed by atoms with van der Waals surface area (Å²) in [6.45, 7) is 5.35. The zero-order chi connectivity index (χ0) is 19.0. The van der Waals surface area contributed by atoms with Crippen LogP contribution in [-0.4, -0.2) is 20.6 Å². The van der Waals surface area contributed by atoms with Gasteiger partial charge in [0.1, 0.15) is 5.69 Å². The molecule has 0 saturated heterocycles. The molecule has 0 heterocycles. The first-order valence-corrected chi connectivity index (χ1v) is 9.21. The number of hydrogen-bond donors (Lipinski definition) is 1. The molecule has 0 aromatic heterocycles. The molecular formula is C23H30N3+. The highest BCUT2D eigenvalue weighted by molar-refractivity contribution is 5.56. The molecule has 0 saturated carbocycles. The number of para-hydroxylation sites is 1. The van der Waals surface area contributed by atoms with Crippen LogP contribution in [0.3, 0.4) is 0 Å². The zero-order valence-corrected chi connectivity index (χ0v) is 16.4. The Morgan fingerprint density at radius 3 is 2.46 bits per heavy atom. The fourth-order valence-corrected chi connectivity index (χ4v) is 3.15. The van der Waals surface area contributed by atoms with Gasteiger partial charge in [-0.1, -0.05) is 56.3 Å². The summed E-state index contributed by atoms with van der Waals surface area (Å²) in [7, 11) is 4.12. The molecule has 0 fully saturated rings. The molecule has 0 aliphatic heterocycles. The summed E-state index contributed by atoms with van der Waals surface area (Å²) in [5.74, 6) is 0. The second-order valence-electron chi connectivity index (χ2n) is 7.29. The summed E-state index contributed by atoms with van der Waals surface area (Å²) in [5.41, 5.74) is 5.15. The summed E-state index contributed by atoms with van der Waals surface area (Å²) in [6.07, 6.45) is 5.99. The Hall–Kier alpha value is -2.57. The summed E-state index contributed by atoms with van der Waals surface area (Å²) in [4.78, 5) is 2.11. The second-order valence-corrected chi connectivity index (χ2v) is 7.29. The van der Waals surface area contributed by atoms with Crippen LogP contribution in [0.5, 0.6) is 0 Å². The molecule has 0 spiro atoms. The van der Waals surface area contributed by atoms with Gasteiger partial charge in [0.05, 0.1) is 19.5 Å². The number of rotatable bonds is 8. The van der Waals surface area contributed by atoms with Gasteiger partial charge in [0.25, 0.3) is 0 Å². The van der Waals surface area contributed by atoms with Crippen LogP contribution in [0.4, 0.5) is 11.4 Å². The molecule has 0 radical (unpaired) electrons. The van der Waals surface area contributed by atoms with Crippen LogP contribution in [0.25, 0.3) is 6.08 Å². The normalized spacial score (nSPS) is 11.5. The fourth-order valence-electron chi connectivity index (χ4n) is 3.15. The first kappa shape index (κ1) is 19.8. The highest BCUT2D eigenvalue weighted by atomic mass is 15.1. The lowest BCUT2D eigenvalue weighted by molar-refractivity contribution is -0.540. The monoisotopic (exact) mass is 348 g/mol. The van der Waals surface area contributed by atoms with Crippen LogP contribution in [0.1, 0.15) is 37.8 Å². The molecule has 0 aliphatic carbocycles. The third-order valence-electron chi connectivity index (χ3n) is 4.83. The lowest BCUT2D eigenvalue weighted by Gasteiger charge is -2.24. The smallest absolute Gasteiger partial charge is 0.133 e. The van der Waals surface area contributed by atoms with Crippen molar-refractivity contribution in [3.63, 3.8) is 0 Å². The van der Waals surface area contributed by atoms with Gasteiger partial charge in [-0.25, -0.2) is 0 Å². The number of nitrogens with two attached hydrogens (primary N) is 1. The molecule has 0 bridgehead atoms. The molecular weight excluding hydrogens is 318 g/mol. The van der Waals surface area contributed by atoms with Gasteiger partial charge in [-0.15, -0.1) is 0 Å². The number of nitrogens with zero attached hydrogens (tertiary/aromatic N) is 2. The van der Waals surface area contributed by atoms with Crippen molar-refractivity contribution in [3.8, 4) is 6.07 Å². The lowest BCUT2D eigenvalue weighted by atomic mass is 9.80. The minimum absolute atomic E-state index is 0.0943. The van der Waals surface area contributed by atoms with Gasteiger partial charge in [0, 0.05) is 24.8 Å². The number of allylic oxidation sites excluding steroid dienone is 1. The number of hydrogen-bond acceptors (Lipinski definition) is 2. The minimum Gasteiger partial charge on any atom is -0.374 e. The summed E-state index contributed by atoms with van der Waals surface area (Å²) in [6, 6.07) is 19.3. The molecule has 0 amide bonds. The van der Waals surface area contributed by atoms with E-state index in [4.69, 9.17) is 5.26 Å². The van der Waals surface area contributed by atoms with Crippen molar-refractivity contribution in [3.05, 3.63) is 65.7 Å². The maximum absolute atomic E-state index is 8.70. The predicted molar refractivity (Wildman–Crippen MR) is 111 cm³/mol. The molecule has 2 rings (SSSR count). The highest BCUT2D eigenvalue weighted by Crippen LogP contribution is 2.31. The molecule has 3 nitrogen and oxygen atoms in total. The van der Waals surface area contributed by atoms with Crippen LogP contribution in [0, 0.1) is 11.3 Å². The molecule has 0 aliphatic rings. The van der Waals surface area contributed by atoms with Crippen LogP contribution in [-0.2, 0) is 5.41 Å². The van der Waals surface area contributed by atoms with E-state index in [1.54, 1.807) is 0 Å². The van der Waals surface area contributed by atoms with Crippen molar-refractivity contribution in [1.29, 1.82) is 5.26 Å². The Morgan fingerprint density at radius 1 is 1.12 bits per heavy atom. The molecule has 136 valence electrons. The van der Waals surface area contributed by atoms with Crippen LogP contribution >= 0.6 is 0 Å². The lowest BCUT2D eigenvalue weighted by Crippen LogP contribution is -2.73. The van der Waals surface area contributed by atoms with Crippen LogP contribution in [0.2, 0.25) is 0 Å². The number of nitriles is 1. The van der Waals surface area contributed by atoms with Crippen molar-refractivity contribution in [2.75, 3.05) is 25.5 Å². The highest BCUT2D eigenvalue weighted by Gasteiger charge is 2.23. The quantitative estimate of drug-likeness (QED) is 0.725. The average molecular weight is 349 g/mol. The molecule has 26 heavy (non-hydrogen) atoms. The van der Waals surface area contributed by atoms with E-state index in [-0.39, 0.29) is 5.41 Å². The molecule has 0 unspecified atom stereocenters. The van der Waals surface area contributed by atoms with E-state index >= 15 is 0 Å². The third-order valence-corrected chi connectivity index (χ3v) is 4.83. The van der Waals surface area contributed by atoms with E-state index in [0.29, 0.717) is 6.42 Å². The number of benzene rings is 2. The van der Waals surface area contributed by atoms with Gasteiger partial charge >= 0.3 is 0 Å². The fraction of sp³-hybridized carbons (Fsp3) is 0.348. The third kappa shape index (κ3) is 5.21.